The molecule has 0 aliphatic carbocycles. The third kappa shape index (κ3) is 4.40. The summed E-state index contributed by atoms with van der Waals surface area (Å²) in [6.45, 7) is 4.28. The summed E-state index contributed by atoms with van der Waals surface area (Å²) in [6, 6.07) is 11.9. The fraction of sp³-hybridized carbons (Fsp3) is 0.500. The maximum atomic E-state index is 12.0. The number of imide groups is 1. The van der Waals surface area contributed by atoms with Gasteiger partial charge in [0.1, 0.15) is 0 Å². The molecule has 2 unspecified atom stereocenters. The van der Waals surface area contributed by atoms with Crippen LogP contribution in [0, 0.1) is 17.2 Å². The average molecular weight is 328 g/mol. The molecule has 1 heterocycles. The van der Waals surface area contributed by atoms with Gasteiger partial charge < -0.3 is 5.73 Å². The number of carbonyl (C=O) groups is 2. The molecular formula is C18H24N4O2. The predicted molar refractivity (Wildman–Crippen MR) is 90.8 cm³/mol. The van der Waals surface area contributed by atoms with Gasteiger partial charge >= 0.3 is 0 Å². The normalized spacial score (nSPS) is 18.9. The van der Waals surface area contributed by atoms with Crippen molar-refractivity contribution < 1.29 is 9.59 Å². The predicted octanol–water partition coefficient (Wildman–Crippen LogP) is 0.949. The number of hydrogen-bond acceptors (Lipinski definition) is 5. The summed E-state index contributed by atoms with van der Waals surface area (Å²) in [7, 11) is 0. The van der Waals surface area contributed by atoms with Gasteiger partial charge in [-0.3, -0.25) is 19.4 Å². The summed E-state index contributed by atoms with van der Waals surface area (Å²) < 4.78 is 0. The van der Waals surface area contributed by atoms with Crippen LogP contribution in [0.5, 0.6) is 0 Å². The number of nitriles is 1. The van der Waals surface area contributed by atoms with Crippen LogP contribution in [0.1, 0.15) is 24.8 Å². The van der Waals surface area contributed by atoms with E-state index < -0.39 is 0 Å². The fourth-order valence-corrected chi connectivity index (χ4v) is 2.97. The zero-order valence-corrected chi connectivity index (χ0v) is 14.0. The van der Waals surface area contributed by atoms with Crippen molar-refractivity contribution >= 4 is 11.8 Å². The Labute approximate surface area is 142 Å². The van der Waals surface area contributed by atoms with Crippen LogP contribution in [0.15, 0.2) is 30.3 Å². The monoisotopic (exact) mass is 328 g/mol. The first-order valence-corrected chi connectivity index (χ1v) is 8.28. The second-order valence-corrected chi connectivity index (χ2v) is 6.17. The minimum absolute atomic E-state index is 0.104. The molecule has 1 saturated heterocycles. The number of rotatable bonds is 8. The number of likely N-dealkylation sites (tertiary alicyclic amines) is 1. The van der Waals surface area contributed by atoms with E-state index in [4.69, 9.17) is 5.73 Å². The Morgan fingerprint density at radius 2 is 2.04 bits per heavy atom. The van der Waals surface area contributed by atoms with E-state index in [0.717, 1.165) is 5.56 Å². The van der Waals surface area contributed by atoms with Crippen LogP contribution >= 0.6 is 0 Å². The summed E-state index contributed by atoms with van der Waals surface area (Å²) in [5.41, 5.74) is 6.64. The molecule has 1 aromatic carbocycles. The maximum absolute atomic E-state index is 12.0. The van der Waals surface area contributed by atoms with Gasteiger partial charge in [-0.25, -0.2) is 0 Å². The summed E-state index contributed by atoms with van der Waals surface area (Å²) in [5, 5.41) is 9.47. The lowest BCUT2D eigenvalue weighted by atomic mass is 10.00. The SMILES string of the molecule is CC1CC(=O)N(CCN(CCN)CC(C#N)c2ccccc2)C1=O. The topological polar surface area (TPSA) is 90.4 Å². The van der Waals surface area contributed by atoms with Crippen molar-refractivity contribution in [1.29, 1.82) is 5.26 Å². The second kappa shape index (κ2) is 8.57. The minimum Gasteiger partial charge on any atom is -0.329 e. The number of carbonyl (C=O) groups excluding carboxylic acids is 2. The largest absolute Gasteiger partial charge is 0.329 e. The van der Waals surface area contributed by atoms with E-state index in [1.54, 1.807) is 6.92 Å². The van der Waals surface area contributed by atoms with Crippen molar-refractivity contribution in [2.45, 2.75) is 19.3 Å². The highest BCUT2D eigenvalue weighted by Gasteiger charge is 2.35. The summed E-state index contributed by atoms with van der Waals surface area (Å²) in [4.78, 5) is 27.2. The van der Waals surface area contributed by atoms with E-state index >= 15 is 0 Å². The lowest BCUT2D eigenvalue weighted by molar-refractivity contribution is -0.139. The van der Waals surface area contributed by atoms with Crippen molar-refractivity contribution in [2.24, 2.45) is 11.7 Å². The number of amides is 2. The van der Waals surface area contributed by atoms with Crippen LogP contribution < -0.4 is 5.73 Å². The van der Waals surface area contributed by atoms with Gasteiger partial charge in [-0.2, -0.15) is 5.26 Å². The Morgan fingerprint density at radius 3 is 2.58 bits per heavy atom. The Hall–Kier alpha value is -2.23. The van der Waals surface area contributed by atoms with E-state index in [1.165, 1.54) is 4.90 Å². The van der Waals surface area contributed by atoms with Crippen molar-refractivity contribution in [3.63, 3.8) is 0 Å². The van der Waals surface area contributed by atoms with E-state index in [-0.39, 0.29) is 23.7 Å². The molecule has 1 aromatic rings. The molecule has 1 aliphatic heterocycles. The molecule has 6 heteroatoms. The standard InChI is InChI=1S/C18H24N4O2/c1-14-11-17(23)22(18(14)24)10-9-21(8-7-19)13-16(12-20)15-5-3-2-4-6-15/h2-6,14,16H,7-11,13,19H2,1H3. The molecule has 24 heavy (non-hydrogen) atoms. The molecule has 2 amide bonds. The molecule has 0 saturated carbocycles. The zero-order chi connectivity index (χ0) is 17.5. The molecule has 2 atom stereocenters. The Kier molecular flexibility index (Phi) is 6.47. The second-order valence-electron chi connectivity index (χ2n) is 6.17. The highest BCUT2D eigenvalue weighted by atomic mass is 16.2. The van der Waals surface area contributed by atoms with Crippen molar-refractivity contribution in [3.8, 4) is 6.07 Å². The lowest BCUT2D eigenvalue weighted by Crippen LogP contribution is -2.41. The number of benzene rings is 1. The molecule has 128 valence electrons. The highest BCUT2D eigenvalue weighted by Crippen LogP contribution is 2.19. The molecule has 2 rings (SSSR count). The molecule has 0 radical (unpaired) electrons. The molecule has 2 N–H and O–H groups in total. The van der Waals surface area contributed by atoms with Gasteiger partial charge in [0, 0.05) is 45.1 Å². The number of hydrogen-bond donors (Lipinski definition) is 1. The fourth-order valence-electron chi connectivity index (χ4n) is 2.97. The Balaban J connectivity index is 1.98. The molecule has 6 nitrogen and oxygen atoms in total. The van der Waals surface area contributed by atoms with E-state index in [9.17, 15) is 14.9 Å². The molecular weight excluding hydrogens is 304 g/mol. The van der Waals surface area contributed by atoms with Gasteiger partial charge in [0.15, 0.2) is 0 Å². The van der Waals surface area contributed by atoms with Crippen LogP contribution in [0.3, 0.4) is 0 Å². The average Bonchev–Trinajstić information content (AvgIpc) is 2.83. The van der Waals surface area contributed by atoms with Crippen LogP contribution in [0.25, 0.3) is 0 Å². The zero-order valence-electron chi connectivity index (χ0n) is 14.0. The smallest absolute Gasteiger partial charge is 0.232 e. The van der Waals surface area contributed by atoms with Crippen molar-refractivity contribution in [3.05, 3.63) is 35.9 Å². The van der Waals surface area contributed by atoms with E-state index in [2.05, 4.69) is 6.07 Å². The number of nitrogens with zero attached hydrogens (tertiary/aromatic N) is 3. The first kappa shape index (κ1) is 18.1. The summed E-state index contributed by atoms with van der Waals surface area (Å²) in [5.74, 6) is -0.703. The molecule has 0 aromatic heterocycles. The van der Waals surface area contributed by atoms with Crippen molar-refractivity contribution in [1.82, 2.24) is 9.80 Å². The van der Waals surface area contributed by atoms with Crippen molar-refractivity contribution in [2.75, 3.05) is 32.7 Å². The van der Waals surface area contributed by atoms with E-state index in [0.29, 0.717) is 39.1 Å². The maximum Gasteiger partial charge on any atom is 0.232 e. The van der Waals surface area contributed by atoms with Gasteiger partial charge in [0.05, 0.1) is 12.0 Å². The van der Waals surface area contributed by atoms with E-state index in [1.807, 2.05) is 35.2 Å². The molecule has 1 fully saturated rings. The van der Waals surface area contributed by atoms with Crippen LogP contribution in [0.4, 0.5) is 0 Å². The van der Waals surface area contributed by atoms with Gasteiger partial charge in [-0.15, -0.1) is 0 Å². The van der Waals surface area contributed by atoms with Gasteiger partial charge in [0.25, 0.3) is 0 Å². The number of nitrogens with two attached hydrogens (primary N) is 1. The summed E-state index contributed by atoms with van der Waals surface area (Å²) in [6.07, 6.45) is 0.292. The molecule has 0 spiro atoms. The first-order valence-electron chi connectivity index (χ1n) is 8.28. The van der Waals surface area contributed by atoms with Crippen LogP contribution in [-0.4, -0.2) is 54.3 Å². The molecule has 1 aliphatic rings. The third-order valence-electron chi connectivity index (χ3n) is 4.35. The quantitative estimate of drug-likeness (QED) is 0.718. The van der Waals surface area contributed by atoms with Crippen LogP contribution in [0.2, 0.25) is 0 Å². The highest BCUT2D eigenvalue weighted by molar-refractivity contribution is 6.03. The Morgan fingerprint density at radius 1 is 1.33 bits per heavy atom. The minimum atomic E-state index is -0.262. The summed E-state index contributed by atoms with van der Waals surface area (Å²) >= 11 is 0. The third-order valence-corrected chi connectivity index (χ3v) is 4.35. The first-order chi connectivity index (χ1) is 11.6. The molecule has 0 bridgehead atoms. The lowest BCUT2D eigenvalue weighted by Gasteiger charge is -2.26. The van der Waals surface area contributed by atoms with Gasteiger partial charge in [0.2, 0.25) is 11.8 Å². The Bertz CT molecular complexity index is 611. The van der Waals surface area contributed by atoms with Crippen LogP contribution in [-0.2, 0) is 9.59 Å². The van der Waals surface area contributed by atoms with Gasteiger partial charge in [-0.1, -0.05) is 37.3 Å². The van der Waals surface area contributed by atoms with Gasteiger partial charge in [-0.05, 0) is 5.56 Å².